The molecule has 206 valence electrons. The third-order valence-electron chi connectivity index (χ3n) is 6.11. The molecule has 0 bridgehead atoms. The smallest absolute Gasteiger partial charge is 0.416 e. The second-order valence-corrected chi connectivity index (χ2v) is 8.81. The Balaban J connectivity index is 1.71. The topological polar surface area (TPSA) is 103 Å². The van der Waals surface area contributed by atoms with Crippen molar-refractivity contribution in [1.29, 1.82) is 0 Å². The minimum absolute atomic E-state index is 0.00113. The summed E-state index contributed by atoms with van der Waals surface area (Å²) in [6.45, 7) is 0.469. The van der Waals surface area contributed by atoms with Gasteiger partial charge in [0.15, 0.2) is 11.9 Å². The summed E-state index contributed by atoms with van der Waals surface area (Å²) in [4.78, 5) is 13.8. The highest BCUT2D eigenvalue weighted by Gasteiger charge is 2.45. The minimum atomic E-state index is -5.06. The number of rotatable bonds is 6. The number of alkyl halides is 6. The van der Waals surface area contributed by atoms with Gasteiger partial charge in [-0.05, 0) is 55.0 Å². The number of nitrogens with zero attached hydrogens (tertiary/aromatic N) is 2. The highest BCUT2D eigenvalue weighted by molar-refractivity contribution is 5.34. The molecular weight excluding hydrogens is 529 g/mol. The lowest BCUT2D eigenvalue weighted by Gasteiger charge is -2.53. The fraction of sp³-hybridized carbons (Fsp3) is 0.391. The Morgan fingerprint density at radius 2 is 1.71 bits per heavy atom. The van der Waals surface area contributed by atoms with Crippen molar-refractivity contribution >= 4 is 0 Å². The zero-order valence-corrected chi connectivity index (χ0v) is 19.6. The van der Waals surface area contributed by atoms with Gasteiger partial charge in [-0.2, -0.15) is 31.4 Å². The Kier molecular flexibility index (Phi) is 7.40. The van der Waals surface area contributed by atoms with E-state index in [1.807, 2.05) is 0 Å². The number of nitrogens with one attached hydrogen (secondary N) is 2. The number of morpholine rings is 1. The van der Waals surface area contributed by atoms with Crippen LogP contribution in [0.4, 0.5) is 30.7 Å². The largest absolute Gasteiger partial charge is 0.632 e. The summed E-state index contributed by atoms with van der Waals surface area (Å²) in [5, 5.41) is 19.9. The van der Waals surface area contributed by atoms with Crippen molar-refractivity contribution in [2.75, 3.05) is 13.2 Å². The molecule has 0 aliphatic carbocycles. The van der Waals surface area contributed by atoms with Gasteiger partial charge in [0.1, 0.15) is 18.9 Å². The first kappa shape index (κ1) is 27.8. The van der Waals surface area contributed by atoms with E-state index in [9.17, 15) is 40.7 Å². The summed E-state index contributed by atoms with van der Waals surface area (Å²) in [5.41, 5.74) is -3.91. The average molecular weight is 550 g/mol. The minimum Gasteiger partial charge on any atom is -0.632 e. The third-order valence-corrected chi connectivity index (χ3v) is 6.11. The summed E-state index contributed by atoms with van der Waals surface area (Å²) in [7, 11) is 0. The zero-order chi connectivity index (χ0) is 27.9. The normalized spacial score (nSPS) is 23.4. The van der Waals surface area contributed by atoms with Crippen molar-refractivity contribution in [3.05, 3.63) is 92.1 Å². The van der Waals surface area contributed by atoms with Crippen LogP contribution in [0.1, 0.15) is 47.1 Å². The molecule has 1 aliphatic heterocycles. The first-order valence-electron chi connectivity index (χ1n) is 11.2. The second-order valence-electron chi connectivity index (χ2n) is 8.81. The number of benzene rings is 2. The second kappa shape index (κ2) is 10.1. The molecule has 2 heterocycles. The molecule has 1 unspecified atom stereocenters. The first-order chi connectivity index (χ1) is 17.7. The molecule has 1 fully saturated rings. The summed E-state index contributed by atoms with van der Waals surface area (Å²) in [6.07, 6.45) is -13.0. The molecule has 0 radical (unpaired) electrons. The van der Waals surface area contributed by atoms with Gasteiger partial charge >= 0.3 is 18.0 Å². The van der Waals surface area contributed by atoms with Crippen molar-refractivity contribution < 1.29 is 44.9 Å². The predicted octanol–water partition coefficient (Wildman–Crippen LogP) is 4.96. The predicted molar refractivity (Wildman–Crippen MR) is 116 cm³/mol. The molecule has 38 heavy (non-hydrogen) atoms. The molecule has 15 heteroatoms. The Hall–Kier alpha value is -3.27. The van der Waals surface area contributed by atoms with Gasteiger partial charge in [-0.25, -0.2) is 14.3 Å². The van der Waals surface area contributed by atoms with Crippen LogP contribution in [0, 0.1) is 11.0 Å². The highest BCUT2D eigenvalue weighted by Crippen LogP contribution is 2.41. The fourth-order valence-electron chi connectivity index (χ4n) is 4.28. The lowest BCUT2D eigenvalue weighted by Crippen LogP contribution is -2.56. The Morgan fingerprint density at radius 1 is 1.11 bits per heavy atom. The fourth-order valence-corrected chi connectivity index (χ4v) is 4.28. The van der Waals surface area contributed by atoms with Crippen molar-refractivity contribution in [3.8, 4) is 0 Å². The van der Waals surface area contributed by atoms with E-state index >= 15 is 0 Å². The molecule has 4 atom stereocenters. The summed E-state index contributed by atoms with van der Waals surface area (Å²) in [6, 6.07) is 4.53. The maximum Gasteiger partial charge on any atom is 0.416 e. The van der Waals surface area contributed by atoms with Gasteiger partial charge in [-0.3, -0.25) is 4.98 Å². The molecule has 1 saturated heterocycles. The molecule has 1 aliphatic rings. The zero-order valence-electron chi connectivity index (χ0n) is 19.6. The van der Waals surface area contributed by atoms with Crippen LogP contribution in [0.15, 0.2) is 47.3 Å². The number of hydrogen-bond acceptors (Lipinski definition) is 5. The van der Waals surface area contributed by atoms with Crippen molar-refractivity contribution in [1.82, 2.24) is 15.2 Å². The van der Waals surface area contributed by atoms with E-state index in [2.05, 4.69) is 15.2 Å². The summed E-state index contributed by atoms with van der Waals surface area (Å²) >= 11 is 0. The standard InChI is InChI=1S/C23H21F7N4O4/c1-12(14-8-15(22(25,26)27)10-16(9-14)23(28,29)30)38-20-19(13-2-4-17(24)5-3-13)34(36,6-7-37-20)11-18-31-21(35)33-32-18/h2-5,8-10,12,19-20H,6-7,11H2,1H3,(H2,31,32,33,35)/t12-,19+,20-,34?/m0/s1. The molecule has 1 aromatic heterocycles. The van der Waals surface area contributed by atoms with Gasteiger partial charge in [0.25, 0.3) is 0 Å². The lowest BCUT2D eigenvalue weighted by molar-refractivity contribution is -0.941. The van der Waals surface area contributed by atoms with E-state index in [-0.39, 0.29) is 37.2 Å². The van der Waals surface area contributed by atoms with Gasteiger partial charge < -0.3 is 19.3 Å². The number of ether oxygens (including phenoxy) is 2. The van der Waals surface area contributed by atoms with Gasteiger partial charge in [0.05, 0.1) is 23.8 Å². The van der Waals surface area contributed by atoms with Crippen LogP contribution < -0.4 is 5.69 Å². The molecule has 4 rings (SSSR count). The van der Waals surface area contributed by atoms with Gasteiger partial charge in [-0.15, -0.1) is 0 Å². The van der Waals surface area contributed by atoms with E-state index in [1.165, 1.54) is 19.1 Å². The van der Waals surface area contributed by atoms with E-state index in [4.69, 9.17) is 9.47 Å². The quantitative estimate of drug-likeness (QED) is 0.257. The van der Waals surface area contributed by atoms with E-state index < -0.39 is 63.6 Å². The van der Waals surface area contributed by atoms with Crippen molar-refractivity contribution in [3.63, 3.8) is 0 Å². The van der Waals surface area contributed by atoms with Crippen LogP contribution in [0.3, 0.4) is 0 Å². The van der Waals surface area contributed by atoms with Crippen LogP contribution in [0.5, 0.6) is 0 Å². The van der Waals surface area contributed by atoms with Crippen LogP contribution >= 0.6 is 0 Å². The SMILES string of the molecule is C[C@H](O[C@@H]1OCC[N+]([O-])(Cc2n[nH]c(=O)[nH]2)[C@@H]1c1ccc(F)cc1)c1cc(C(F)(F)F)cc(C(F)(F)F)c1. The maximum absolute atomic E-state index is 14.0. The molecule has 8 nitrogen and oxygen atoms in total. The molecule has 0 spiro atoms. The number of H-pyrrole nitrogens is 2. The Bertz CT molecular complexity index is 1290. The van der Waals surface area contributed by atoms with Gasteiger partial charge in [0, 0.05) is 5.56 Å². The van der Waals surface area contributed by atoms with Gasteiger partial charge in [-0.1, -0.05) is 0 Å². The Morgan fingerprint density at radius 3 is 2.24 bits per heavy atom. The van der Waals surface area contributed by atoms with Crippen LogP contribution in [-0.2, 0) is 28.4 Å². The molecule has 0 saturated carbocycles. The maximum atomic E-state index is 14.0. The summed E-state index contributed by atoms with van der Waals surface area (Å²) in [5.74, 6) is -0.612. The number of aromatic nitrogens is 3. The van der Waals surface area contributed by atoms with Crippen LogP contribution in [-0.4, -0.2) is 39.3 Å². The third kappa shape index (κ3) is 6.06. The van der Waals surface area contributed by atoms with Crippen LogP contribution in [0.25, 0.3) is 0 Å². The van der Waals surface area contributed by atoms with Crippen LogP contribution in [0.2, 0.25) is 0 Å². The highest BCUT2D eigenvalue weighted by atomic mass is 19.4. The van der Waals surface area contributed by atoms with E-state index in [0.29, 0.717) is 12.1 Å². The number of halogens is 7. The van der Waals surface area contributed by atoms with E-state index in [0.717, 1.165) is 12.1 Å². The lowest BCUT2D eigenvalue weighted by atomic mass is 10.00. The first-order valence-corrected chi connectivity index (χ1v) is 11.2. The molecule has 2 N–H and O–H groups in total. The average Bonchev–Trinajstić information content (AvgIpc) is 3.22. The number of aromatic amines is 2. The molecule has 0 amide bonds. The van der Waals surface area contributed by atoms with E-state index in [1.54, 1.807) is 0 Å². The number of hydroxylamine groups is 3. The van der Waals surface area contributed by atoms with Gasteiger partial charge in [0.2, 0.25) is 6.29 Å². The molecule has 2 aromatic carbocycles. The number of quaternary nitrogens is 1. The van der Waals surface area contributed by atoms with Crippen molar-refractivity contribution in [2.45, 2.75) is 44.3 Å². The molecular formula is C23H21F7N4O4. The monoisotopic (exact) mass is 550 g/mol. The molecule has 3 aromatic rings. The van der Waals surface area contributed by atoms with Crippen molar-refractivity contribution in [2.24, 2.45) is 0 Å². The number of hydrogen-bond donors (Lipinski definition) is 2. The Labute approximate surface area is 210 Å². The summed E-state index contributed by atoms with van der Waals surface area (Å²) < 4.78 is 104.